The molecule has 0 heterocycles. The van der Waals surface area contributed by atoms with E-state index in [1.807, 2.05) is 0 Å². The quantitative estimate of drug-likeness (QED) is 0.683. The molecule has 72 valence electrons. The number of hydrogen-bond acceptors (Lipinski definition) is 2. The zero-order valence-corrected chi connectivity index (χ0v) is 9.29. The molecule has 0 bridgehead atoms. The lowest BCUT2D eigenvalue weighted by Crippen LogP contribution is -2.37. The summed E-state index contributed by atoms with van der Waals surface area (Å²) in [4.78, 5) is 0. The number of thioether (sulfide) groups is 1. The summed E-state index contributed by atoms with van der Waals surface area (Å²) in [5, 5.41) is 0.707. The SMILES string of the molecule is CC(C)(C)S[C@@H]1CCCC[C@H]1N. The van der Waals surface area contributed by atoms with Crippen molar-refractivity contribution in [1.29, 1.82) is 0 Å². The Morgan fingerprint density at radius 2 is 1.75 bits per heavy atom. The normalized spacial score (nSPS) is 32.0. The summed E-state index contributed by atoms with van der Waals surface area (Å²) in [5.74, 6) is 0. The molecule has 0 aromatic heterocycles. The van der Waals surface area contributed by atoms with Crippen LogP contribution >= 0.6 is 11.8 Å². The van der Waals surface area contributed by atoms with Gasteiger partial charge in [0.1, 0.15) is 0 Å². The van der Waals surface area contributed by atoms with E-state index in [-0.39, 0.29) is 0 Å². The lowest BCUT2D eigenvalue weighted by atomic mass is 9.96. The monoisotopic (exact) mass is 187 g/mol. The standard InChI is InChI=1S/C10H21NS/c1-10(2,3)12-9-7-5-4-6-8(9)11/h8-9H,4-7,11H2,1-3H3/t8-,9-/m1/s1. The van der Waals surface area contributed by atoms with E-state index in [0.29, 0.717) is 16.0 Å². The van der Waals surface area contributed by atoms with Gasteiger partial charge in [-0.25, -0.2) is 0 Å². The summed E-state index contributed by atoms with van der Waals surface area (Å²) in [7, 11) is 0. The van der Waals surface area contributed by atoms with Gasteiger partial charge in [-0.1, -0.05) is 33.6 Å². The topological polar surface area (TPSA) is 26.0 Å². The van der Waals surface area contributed by atoms with Crippen molar-refractivity contribution in [3.8, 4) is 0 Å². The number of rotatable bonds is 1. The van der Waals surface area contributed by atoms with E-state index >= 15 is 0 Å². The van der Waals surface area contributed by atoms with Gasteiger partial charge in [-0.2, -0.15) is 11.8 Å². The second-order valence-electron chi connectivity index (χ2n) is 4.72. The highest BCUT2D eigenvalue weighted by Crippen LogP contribution is 2.35. The summed E-state index contributed by atoms with van der Waals surface area (Å²) in [6, 6.07) is 0.447. The fraction of sp³-hybridized carbons (Fsp3) is 1.00. The molecule has 0 spiro atoms. The van der Waals surface area contributed by atoms with Crippen LogP contribution in [0.2, 0.25) is 0 Å². The fourth-order valence-corrected chi connectivity index (χ4v) is 3.23. The molecular weight excluding hydrogens is 166 g/mol. The smallest absolute Gasteiger partial charge is 0.0204 e. The first-order chi connectivity index (χ1) is 5.49. The molecule has 2 atom stereocenters. The first-order valence-corrected chi connectivity index (χ1v) is 5.80. The third-order valence-electron chi connectivity index (χ3n) is 2.26. The highest BCUT2D eigenvalue weighted by Gasteiger charge is 2.26. The van der Waals surface area contributed by atoms with E-state index < -0.39 is 0 Å². The van der Waals surface area contributed by atoms with Crippen molar-refractivity contribution in [2.75, 3.05) is 0 Å². The summed E-state index contributed by atoms with van der Waals surface area (Å²) >= 11 is 2.06. The van der Waals surface area contributed by atoms with Crippen molar-refractivity contribution in [2.24, 2.45) is 5.73 Å². The molecule has 1 aliphatic carbocycles. The minimum Gasteiger partial charge on any atom is -0.327 e. The van der Waals surface area contributed by atoms with E-state index in [4.69, 9.17) is 5.73 Å². The number of hydrogen-bond donors (Lipinski definition) is 1. The van der Waals surface area contributed by atoms with Crippen LogP contribution in [0.1, 0.15) is 46.5 Å². The van der Waals surface area contributed by atoms with Crippen LogP contribution in [0.5, 0.6) is 0 Å². The Bertz CT molecular complexity index is 139. The third kappa shape index (κ3) is 3.36. The average molecular weight is 187 g/mol. The molecule has 1 aliphatic rings. The van der Waals surface area contributed by atoms with Crippen molar-refractivity contribution in [3.63, 3.8) is 0 Å². The van der Waals surface area contributed by atoms with Crippen LogP contribution in [0.3, 0.4) is 0 Å². The largest absolute Gasteiger partial charge is 0.327 e. The van der Waals surface area contributed by atoms with Gasteiger partial charge in [-0.15, -0.1) is 0 Å². The highest BCUT2D eigenvalue weighted by molar-refractivity contribution is 8.01. The Morgan fingerprint density at radius 1 is 1.17 bits per heavy atom. The summed E-state index contributed by atoms with van der Waals surface area (Å²) in [5.41, 5.74) is 6.07. The van der Waals surface area contributed by atoms with E-state index in [0.717, 1.165) is 0 Å². The molecule has 0 saturated heterocycles. The van der Waals surface area contributed by atoms with Gasteiger partial charge in [-0.05, 0) is 12.8 Å². The fourth-order valence-electron chi connectivity index (χ4n) is 1.73. The summed E-state index contributed by atoms with van der Waals surface area (Å²) in [6.45, 7) is 6.83. The van der Waals surface area contributed by atoms with Crippen molar-refractivity contribution in [2.45, 2.75) is 62.5 Å². The number of nitrogens with two attached hydrogens (primary N) is 1. The lowest BCUT2D eigenvalue weighted by Gasteiger charge is -2.33. The van der Waals surface area contributed by atoms with Gasteiger partial charge in [0.15, 0.2) is 0 Å². The minimum atomic E-state index is 0.375. The van der Waals surface area contributed by atoms with Crippen molar-refractivity contribution >= 4 is 11.8 Å². The lowest BCUT2D eigenvalue weighted by molar-refractivity contribution is 0.451. The Morgan fingerprint density at radius 3 is 2.25 bits per heavy atom. The van der Waals surface area contributed by atoms with Gasteiger partial charge < -0.3 is 5.73 Å². The van der Waals surface area contributed by atoms with E-state index in [2.05, 4.69) is 32.5 Å². The molecule has 0 amide bonds. The molecule has 12 heavy (non-hydrogen) atoms. The Hall–Kier alpha value is 0.310. The van der Waals surface area contributed by atoms with Crippen LogP contribution in [0.4, 0.5) is 0 Å². The molecule has 1 nitrogen and oxygen atoms in total. The maximum absolute atomic E-state index is 6.07. The van der Waals surface area contributed by atoms with Gasteiger partial charge in [0, 0.05) is 16.0 Å². The predicted octanol–water partition coefficient (Wildman–Crippen LogP) is 2.79. The van der Waals surface area contributed by atoms with E-state index in [1.165, 1.54) is 25.7 Å². The van der Waals surface area contributed by atoms with Crippen LogP contribution in [0, 0.1) is 0 Å². The van der Waals surface area contributed by atoms with Crippen molar-refractivity contribution < 1.29 is 0 Å². The Balaban J connectivity index is 2.39. The molecule has 0 radical (unpaired) electrons. The molecule has 1 fully saturated rings. The zero-order chi connectivity index (χ0) is 9.19. The molecular formula is C10H21NS. The zero-order valence-electron chi connectivity index (χ0n) is 8.47. The molecule has 0 aromatic rings. The van der Waals surface area contributed by atoms with Gasteiger partial charge in [-0.3, -0.25) is 0 Å². The molecule has 1 rings (SSSR count). The second kappa shape index (κ2) is 4.01. The predicted molar refractivity (Wildman–Crippen MR) is 57.6 cm³/mol. The Labute approximate surface area is 80.5 Å². The second-order valence-corrected chi connectivity index (χ2v) is 6.78. The maximum Gasteiger partial charge on any atom is 0.0204 e. The molecule has 0 unspecified atom stereocenters. The first-order valence-electron chi connectivity index (χ1n) is 4.92. The van der Waals surface area contributed by atoms with Crippen LogP contribution < -0.4 is 5.73 Å². The molecule has 1 saturated carbocycles. The van der Waals surface area contributed by atoms with Crippen molar-refractivity contribution in [1.82, 2.24) is 0 Å². The first kappa shape index (κ1) is 10.4. The van der Waals surface area contributed by atoms with Crippen LogP contribution in [-0.2, 0) is 0 Å². The minimum absolute atomic E-state index is 0.375. The van der Waals surface area contributed by atoms with E-state index in [9.17, 15) is 0 Å². The van der Waals surface area contributed by atoms with Gasteiger partial charge >= 0.3 is 0 Å². The summed E-state index contributed by atoms with van der Waals surface area (Å²) < 4.78 is 0.375. The van der Waals surface area contributed by atoms with Gasteiger partial charge in [0.25, 0.3) is 0 Å². The summed E-state index contributed by atoms with van der Waals surface area (Å²) in [6.07, 6.45) is 5.26. The van der Waals surface area contributed by atoms with Crippen LogP contribution in [-0.4, -0.2) is 16.0 Å². The molecule has 0 aliphatic heterocycles. The molecule has 2 heteroatoms. The van der Waals surface area contributed by atoms with Gasteiger partial charge in [0.2, 0.25) is 0 Å². The molecule has 2 N–H and O–H groups in total. The third-order valence-corrected chi connectivity index (χ3v) is 3.85. The highest BCUT2D eigenvalue weighted by atomic mass is 32.2. The maximum atomic E-state index is 6.07. The van der Waals surface area contributed by atoms with Crippen molar-refractivity contribution in [3.05, 3.63) is 0 Å². The van der Waals surface area contributed by atoms with E-state index in [1.54, 1.807) is 0 Å². The Kier molecular flexibility index (Phi) is 3.47. The van der Waals surface area contributed by atoms with Crippen LogP contribution in [0.25, 0.3) is 0 Å². The van der Waals surface area contributed by atoms with Crippen LogP contribution in [0.15, 0.2) is 0 Å². The average Bonchev–Trinajstić information content (AvgIpc) is 1.91. The van der Waals surface area contributed by atoms with Gasteiger partial charge in [0.05, 0.1) is 0 Å². The molecule has 0 aromatic carbocycles.